The summed E-state index contributed by atoms with van der Waals surface area (Å²) in [7, 11) is 0. The van der Waals surface area contributed by atoms with Crippen LogP contribution in [0.5, 0.6) is 0 Å². The Morgan fingerprint density at radius 3 is 2.80 bits per heavy atom. The number of anilines is 1. The molecule has 0 bridgehead atoms. The number of hydrogen-bond donors (Lipinski definition) is 2. The van der Waals surface area contributed by atoms with E-state index in [-0.39, 0.29) is 5.28 Å². The molecule has 1 aromatic heterocycles. The van der Waals surface area contributed by atoms with Crippen molar-refractivity contribution in [3.8, 4) is 0 Å². The average molecular weight is 159 g/mol. The van der Waals surface area contributed by atoms with Crippen LogP contribution in [0.3, 0.4) is 0 Å². The zero-order valence-corrected chi connectivity index (χ0v) is 5.97. The monoisotopic (exact) mass is 158 g/mol. The molecule has 1 rings (SSSR count). The van der Waals surface area contributed by atoms with Gasteiger partial charge in [-0.2, -0.15) is 0 Å². The van der Waals surface area contributed by atoms with Crippen LogP contribution in [0.1, 0.15) is 5.56 Å². The number of rotatable bonds is 1. The molecule has 1 aromatic rings. The Kier molecular flexibility index (Phi) is 2.03. The Hall–Kier alpha value is -0.870. The van der Waals surface area contributed by atoms with Crippen LogP contribution in [0.2, 0.25) is 5.28 Å². The smallest absolute Gasteiger partial charge is 0.224 e. The summed E-state index contributed by atoms with van der Waals surface area (Å²) in [4.78, 5) is 7.40. The fourth-order valence-corrected chi connectivity index (χ4v) is 0.695. The summed E-state index contributed by atoms with van der Waals surface area (Å²) in [5, 5.41) is 0.148. The molecule has 10 heavy (non-hydrogen) atoms. The molecule has 0 aromatic carbocycles. The fourth-order valence-electron chi connectivity index (χ4n) is 0.555. The molecular weight excluding hydrogens is 152 g/mol. The molecule has 0 spiro atoms. The van der Waals surface area contributed by atoms with Crippen LogP contribution >= 0.6 is 11.6 Å². The third-order valence-corrected chi connectivity index (χ3v) is 1.27. The molecule has 0 aliphatic carbocycles. The molecule has 0 saturated heterocycles. The first-order valence-corrected chi connectivity index (χ1v) is 3.09. The number of hydrogen-bond acceptors (Lipinski definition) is 4. The van der Waals surface area contributed by atoms with Gasteiger partial charge in [0.15, 0.2) is 0 Å². The van der Waals surface area contributed by atoms with Gasteiger partial charge >= 0.3 is 0 Å². The zero-order chi connectivity index (χ0) is 7.56. The van der Waals surface area contributed by atoms with Gasteiger partial charge in [0.2, 0.25) is 5.28 Å². The third kappa shape index (κ3) is 1.34. The highest BCUT2D eigenvalue weighted by molar-refractivity contribution is 6.28. The second kappa shape index (κ2) is 2.81. The van der Waals surface area contributed by atoms with Gasteiger partial charge in [0, 0.05) is 18.3 Å². The molecule has 0 aliphatic rings. The van der Waals surface area contributed by atoms with E-state index in [1.54, 1.807) is 0 Å². The van der Waals surface area contributed by atoms with Crippen molar-refractivity contribution in [2.45, 2.75) is 6.54 Å². The van der Waals surface area contributed by atoms with Gasteiger partial charge in [0.1, 0.15) is 5.82 Å². The predicted molar refractivity (Wildman–Crippen MR) is 39.3 cm³/mol. The Balaban J connectivity index is 3.07. The van der Waals surface area contributed by atoms with Crippen LogP contribution in [0.15, 0.2) is 6.20 Å². The second-order valence-electron chi connectivity index (χ2n) is 1.75. The van der Waals surface area contributed by atoms with Crippen molar-refractivity contribution in [1.82, 2.24) is 9.97 Å². The molecular formula is C5H7ClN4. The third-order valence-electron chi connectivity index (χ3n) is 1.09. The van der Waals surface area contributed by atoms with Crippen molar-refractivity contribution in [3.63, 3.8) is 0 Å². The van der Waals surface area contributed by atoms with Crippen LogP contribution in [0.25, 0.3) is 0 Å². The molecule has 0 radical (unpaired) electrons. The maximum Gasteiger partial charge on any atom is 0.224 e. The van der Waals surface area contributed by atoms with E-state index >= 15 is 0 Å². The molecule has 1 heterocycles. The molecule has 0 amide bonds. The van der Waals surface area contributed by atoms with E-state index in [4.69, 9.17) is 23.1 Å². The summed E-state index contributed by atoms with van der Waals surface area (Å²) >= 11 is 5.43. The summed E-state index contributed by atoms with van der Waals surface area (Å²) in [6, 6.07) is 0. The summed E-state index contributed by atoms with van der Waals surface area (Å²) in [5.41, 5.74) is 11.4. The first kappa shape index (κ1) is 7.24. The van der Waals surface area contributed by atoms with Gasteiger partial charge in [0.25, 0.3) is 0 Å². The highest BCUT2D eigenvalue weighted by Crippen LogP contribution is 2.08. The topological polar surface area (TPSA) is 77.8 Å². The minimum atomic E-state index is 0.148. The summed E-state index contributed by atoms with van der Waals surface area (Å²) in [6.45, 7) is 0.336. The highest BCUT2D eigenvalue weighted by Gasteiger charge is 1.98. The molecule has 4 nitrogen and oxygen atoms in total. The van der Waals surface area contributed by atoms with Gasteiger partial charge in [-0.1, -0.05) is 0 Å². The quantitative estimate of drug-likeness (QED) is 0.572. The zero-order valence-electron chi connectivity index (χ0n) is 5.21. The Labute approximate surface area is 63.2 Å². The van der Waals surface area contributed by atoms with E-state index in [0.29, 0.717) is 17.9 Å². The summed E-state index contributed by atoms with van der Waals surface area (Å²) < 4.78 is 0. The predicted octanol–water partition coefficient (Wildman–Crippen LogP) is 0.171. The van der Waals surface area contributed by atoms with E-state index in [1.165, 1.54) is 6.20 Å². The molecule has 0 fully saturated rings. The van der Waals surface area contributed by atoms with Crippen LogP contribution in [-0.4, -0.2) is 9.97 Å². The summed E-state index contributed by atoms with van der Waals surface area (Å²) in [6.07, 6.45) is 1.52. The lowest BCUT2D eigenvalue weighted by Crippen LogP contribution is -2.04. The molecule has 4 N–H and O–H groups in total. The van der Waals surface area contributed by atoms with E-state index in [1.807, 2.05) is 0 Å². The largest absolute Gasteiger partial charge is 0.383 e. The minimum absolute atomic E-state index is 0.148. The van der Waals surface area contributed by atoms with Gasteiger partial charge in [-0.25, -0.2) is 9.97 Å². The molecule has 5 heteroatoms. The molecule has 0 atom stereocenters. The molecule has 54 valence electrons. The minimum Gasteiger partial charge on any atom is -0.383 e. The number of nitrogen functional groups attached to an aromatic ring is 1. The van der Waals surface area contributed by atoms with E-state index < -0.39 is 0 Å². The Bertz CT molecular complexity index is 237. The first-order chi connectivity index (χ1) is 4.74. The number of nitrogens with two attached hydrogens (primary N) is 2. The average Bonchev–Trinajstić information content (AvgIpc) is 1.88. The maximum absolute atomic E-state index is 5.43. The molecule has 0 unspecified atom stereocenters. The summed E-state index contributed by atoms with van der Waals surface area (Å²) in [5.74, 6) is 0.350. The number of aromatic nitrogens is 2. The van der Waals surface area contributed by atoms with Crippen molar-refractivity contribution in [3.05, 3.63) is 17.0 Å². The van der Waals surface area contributed by atoms with Crippen molar-refractivity contribution < 1.29 is 0 Å². The van der Waals surface area contributed by atoms with Crippen molar-refractivity contribution in [2.24, 2.45) is 5.73 Å². The number of halogens is 1. The van der Waals surface area contributed by atoms with E-state index in [2.05, 4.69) is 9.97 Å². The Morgan fingerprint density at radius 2 is 2.30 bits per heavy atom. The van der Waals surface area contributed by atoms with Gasteiger partial charge in [-0.05, 0) is 11.6 Å². The standard InChI is InChI=1S/C5H7ClN4/c6-5-9-2-3(1-7)4(8)10-5/h2H,1,7H2,(H2,8,9,10). The molecule has 0 saturated carbocycles. The molecule has 0 aliphatic heterocycles. The van der Waals surface area contributed by atoms with Crippen molar-refractivity contribution in [2.75, 3.05) is 5.73 Å². The second-order valence-corrected chi connectivity index (χ2v) is 2.09. The van der Waals surface area contributed by atoms with Crippen LogP contribution in [0, 0.1) is 0 Å². The van der Waals surface area contributed by atoms with Gasteiger partial charge < -0.3 is 11.5 Å². The van der Waals surface area contributed by atoms with Crippen molar-refractivity contribution in [1.29, 1.82) is 0 Å². The van der Waals surface area contributed by atoms with Crippen LogP contribution in [0.4, 0.5) is 5.82 Å². The highest BCUT2D eigenvalue weighted by atomic mass is 35.5. The van der Waals surface area contributed by atoms with Crippen LogP contribution in [-0.2, 0) is 6.54 Å². The van der Waals surface area contributed by atoms with Gasteiger partial charge in [-0.15, -0.1) is 0 Å². The van der Waals surface area contributed by atoms with E-state index in [9.17, 15) is 0 Å². The van der Waals surface area contributed by atoms with E-state index in [0.717, 1.165) is 0 Å². The maximum atomic E-state index is 5.43. The van der Waals surface area contributed by atoms with Crippen LogP contribution < -0.4 is 11.5 Å². The first-order valence-electron chi connectivity index (χ1n) is 2.71. The normalized spacial score (nSPS) is 9.80. The Morgan fingerprint density at radius 1 is 1.60 bits per heavy atom. The lowest BCUT2D eigenvalue weighted by atomic mass is 10.3. The van der Waals surface area contributed by atoms with Gasteiger partial charge in [0.05, 0.1) is 0 Å². The van der Waals surface area contributed by atoms with Gasteiger partial charge in [-0.3, -0.25) is 0 Å². The lowest BCUT2D eigenvalue weighted by Gasteiger charge is -1.98. The SMILES string of the molecule is NCc1cnc(Cl)nc1N. The lowest BCUT2D eigenvalue weighted by molar-refractivity contribution is 1.02. The fraction of sp³-hybridized carbons (Fsp3) is 0.200. The van der Waals surface area contributed by atoms with Crippen molar-refractivity contribution >= 4 is 17.4 Å². The number of nitrogens with zero attached hydrogens (tertiary/aromatic N) is 2.